The van der Waals surface area contributed by atoms with Crippen LogP contribution >= 0.6 is 0 Å². The molecule has 9 nitrogen and oxygen atoms in total. The number of hydrogen-bond acceptors (Lipinski definition) is 7. The Hall–Kier alpha value is -2.52. The third kappa shape index (κ3) is 2.88. The van der Waals surface area contributed by atoms with E-state index in [1.807, 2.05) is 0 Å². The zero-order chi connectivity index (χ0) is 16.6. The number of nitro benzene ring substituents is 1. The molecule has 23 heavy (non-hydrogen) atoms. The van der Waals surface area contributed by atoms with E-state index in [4.69, 9.17) is 0 Å². The fourth-order valence-electron chi connectivity index (χ4n) is 2.89. The van der Waals surface area contributed by atoms with Gasteiger partial charge in [-0.1, -0.05) is 0 Å². The number of hydrazine groups is 1. The summed E-state index contributed by atoms with van der Waals surface area (Å²) in [7, 11) is 0. The van der Waals surface area contributed by atoms with Crippen molar-refractivity contribution in [2.75, 3.05) is 11.9 Å². The summed E-state index contributed by atoms with van der Waals surface area (Å²) >= 11 is 0. The van der Waals surface area contributed by atoms with Crippen LogP contribution in [0, 0.1) is 16.0 Å². The molecule has 1 aliphatic rings. The zero-order valence-corrected chi connectivity index (χ0v) is 12.8. The van der Waals surface area contributed by atoms with Gasteiger partial charge in [-0.05, 0) is 19.9 Å². The number of nitrogens with zero attached hydrogens (tertiary/aromatic N) is 2. The monoisotopic (exact) mass is 318 g/mol. The Morgan fingerprint density at radius 2 is 2.00 bits per heavy atom. The molecule has 0 aliphatic carbocycles. The largest absolute Gasteiger partial charge is 0.379 e. The standard InChI is InChI=1S/C14H18N6O3/c1-7-10(8(2)19-18-7)5-15-12-4-11-9(3-13(12)20(22)23)14(21)17-6-16-11/h3-4,6-8,10,15,18-19H,5H2,1-2H3,(H,16,17,21). The van der Waals surface area contributed by atoms with Gasteiger partial charge in [0, 0.05) is 30.6 Å². The van der Waals surface area contributed by atoms with Gasteiger partial charge >= 0.3 is 0 Å². The van der Waals surface area contributed by atoms with E-state index in [9.17, 15) is 14.9 Å². The number of fused-ring (bicyclic) bond motifs is 1. The number of hydrogen-bond donors (Lipinski definition) is 4. The van der Waals surface area contributed by atoms with E-state index in [2.05, 4.69) is 40.0 Å². The van der Waals surface area contributed by atoms with Crippen LogP contribution in [0.15, 0.2) is 23.3 Å². The second-order valence-electron chi connectivity index (χ2n) is 5.79. The molecular formula is C14H18N6O3. The number of nitrogens with one attached hydrogen (secondary N) is 4. The van der Waals surface area contributed by atoms with Gasteiger partial charge in [0.05, 0.1) is 22.2 Å². The first-order chi connectivity index (χ1) is 11.0. The molecule has 2 aromatic rings. The van der Waals surface area contributed by atoms with Crippen LogP contribution in [0.25, 0.3) is 10.9 Å². The van der Waals surface area contributed by atoms with Crippen molar-refractivity contribution in [3.63, 3.8) is 0 Å². The predicted octanol–water partition coefficient (Wildman–Crippen LogP) is 0.744. The average molecular weight is 318 g/mol. The topological polar surface area (TPSA) is 125 Å². The van der Waals surface area contributed by atoms with Crippen LogP contribution < -0.4 is 21.7 Å². The fraction of sp³-hybridized carbons (Fsp3) is 0.429. The van der Waals surface area contributed by atoms with Crippen molar-refractivity contribution in [2.24, 2.45) is 5.92 Å². The summed E-state index contributed by atoms with van der Waals surface area (Å²) < 4.78 is 0. The molecule has 9 heteroatoms. The third-order valence-electron chi connectivity index (χ3n) is 4.31. The highest BCUT2D eigenvalue weighted by atomic mass is 16.6. The third-order valence-corrected chi connectivity index (χ3v) is 4.31. The van der Waals surface area contributed by atoms with Crippen LogP contribution in [-0.2, 0) is 0 Å². The molecule has 0 spiro atoms. The van der Waals surface area contributed by atoms with Crippen LogP contribution in [0.3, 0.4) is 0 Å². The number of rotatable bonds is 4. The average Bonchev–Trinajstić information content (AvgIpc) is 2.83. The van der Waals surface area contributed by atoms with Crippen molar-refractivity contribution >= 4 is 22.3 Å². The summed E-state index contributed by atoms with van der Waals surface area (Å²) in [4.78, 5) is 29.1. The zero-order valence-electron chi connectivity index (χ0n) is 12.8. The van der Waals surface area contributed by atoms with Gasteiger partial charge in [0.15, 0.2) is 0 Å². The van der Waals surface area contributed by atoms with E-state index >= 15 is 0 Å². The molecule has 122 valence electrons. The summed E-state index contributed by atoms with van der Waals surface area (Å²) in [5, 5.41) is 14.6. The molecule has 2 heterocycles. The number of benzene rings is 1. The Bertz CT molecular complexity index is 795. The summed E-state index contributed by atoms with van der Waals surface area (Å²) in [5.74, 6) is 0.275. The van der Waals surface area contributed by atoms with Gasteiger partial charge in [0.1, 0.15) is 5.69 Å². The van der Waals surface area contributed by atoms with E-state index in [1.165, 1.54) is 12.4 Å². The molecule has 0 radical (unpaired) electrons. The minimum atomic E-state index is -0.494. The molecular weight excluding hydrogens is 300 g/mol. The molecule has 2 atom stereocenters. The Morgan fingerprint density at radius 1 is 1.30 bits per heavy atom. The predicted molar refractivity (Wildman–Crippen MR) is 86.2 cm³/mol. The molecule has 2 unspecified atom stereocenters. The highest BCUT2D eigenvalue weighted by molar-refractivity contribution is 5.86. The number of aromatic nitrogens is 2. The first kappa shape index (κ1) is 15.4. The molecule has 1 aromatic heterocycles. The highest BCUT2D eigenvalue weighted by Crippen LogP contribution is 2.28. The first-order valence-corrected chi connectivity index (χ1v) is 7.38. The van der Waals surface area contributed by atoms with Gasteiger partial charge in [0.25, 0.3) is 11.2 Å². The minimum Gasteiger partial charge on any atom is -0.379 e. The lowest BCUT2D eigenvalue weighted by atomic mass is 9.96. The molecule has 1 saturated heterocycles. The second-order valence-corrected chi connectivity index (χ2v) is 5.79. The van der Waals surface area contributed by atoms with Crippen molar-refractivity contribution in [1.29, 1.82) is 0 Å². The van der Waals surface area contributed by atoms with Gasteiger partial charge in [-0.25, -0.2) is 4.98 Å². The lowest BCUT2D eigenvalue weighted by molar-refractivity contribution is -0.383. The summed E-state index contributed by atoms with van der Waals surface area (Å²) in [6.45, 7) is 4.68. The molecule has 4 N–H and O–H groups in total. The Morgan fingerprint density at radius 3 is 2.65 bits per heavy atom. The number of H-pyrrole nitrogens is 1. The first-order valence-electron chi connectivity index (χ1n) is 7.38. The number of nitro groups is 1. The van der Waals surface area contributed by atoms with Crippen molar-refractivity contribution in [3.05, 3.63) is 38.9 Å². The lowest BCUT2D eigenvalue weighted by Gasteiger charge is -2.19. The Kier molecular flexibility index (Phi) is 3.97. The van der Waals surface area contributed by atoms with Crippen LogP contribution in [0.4, 0.5) is 11.4 Å². The van der Waals surface area contributed by atoms with Crippen LogP contribution in [0.1, 0.15) is 13.8 Å². The van der Waals surface area contributed by atoms with E-state index in [0.717, 1.165) is 0 Å². The highest BCUT2D eigenvalue weighted by Gasteiger charge is 2.30. The smallest absolute Gasteiger partial charge is 0.293 e. The van der Waals surface area contributed by atoms with E-state index in [0.29, 0.717) is 17.7 Å². The Labute approximate surface area is 131 Å². The molecule has 1 aliphatic heterocycles. The maximum atomic E-state index is 11.8. The van der Waals surface area contributed by atoms with E-state index in [-0.39, 0.29) is 29.1 Å². The molecule has 1 fully saturated rings. The normalized spacial score (nSPS) is 24.0. The molecule has 0 saturated carbocycles. The van der Waals surface area contributed by atoms with Gasteiger partial charge < -0.3 is 10.3 Å². The molecule has 0 amide bonds. The summed E-state index contributed by atoms with van der Waals surface area (Å²) in [6.07, 6.45) is 1.29. The lowest BCUT2D eigenvalue weighted by Crippen LogP contribution is -2.30. The van der Waals surface area contributed by atoms with Crippen molar-refractivity contribution in [3.8, 4) is 0 Å². The minimum absolute atomic E-state index is 0.129. The summed E-state index contributed by atoms with van der Waals surface area (Å²) in [6, 6.07) is 3.31. The van der Waals surface area contributed by atoms with E-state index < -0.39 is 10.5 Å². The van der Waals surface area contributed by atoms with Gasteiger partial charge in [-0.3, -0.25) is 25.8 Å². The fourth-order valence-corrected chi connectivity index (χ4v) is 2.89. The van der Waals surface area contributed by atoms with Crippen LogP contribution in [0.2, 0.25) is 0 Å². The molecule has 1 aromatic carbocycles. The quantitative estimate of drug-likeness (QED) is 0.484. The maximum Gasteiger partial charge on any atom is 0.293 e. The summed E-state index contributed by atoms with van der Waals surface area (Å²) in [5.41, 5.74) is 6.56. The van der Waals surface area contributed by atoms with Crippen molar-refractivity contribution in [2.45, 2.75) is 25.9 Å². The van der Waals surface area contributed by atoms with Crippen LogP contribution in [-0.4, -0.2) is 33.5 Å². The number of anilines is 1. The second kappa shape index (κ2) is 5.94. The maximum absolute atomic E-state index is 11.8. The van der Waals surface area contributed by atoms with Gasteiger partial charge in [0.2, 0.25) is 0 Å². The molecule has 0 bridgehead atoms. The van der Waals surface area contributed by atoms with Crippen LogP contribution in [0.5, 0.6) is 0 Å². The van der Waals surface area contributed by atoms with Crippen molar-refractivity contribution in [1.82, 2.24) is 20.8 Å². The van der Waals surface area contributed by atoms with E-state index in [1.54, 1.807) is 6.07 Å². The SMILES string of the molecule is CC1NNC(C)C1CNc1cc2nc[nH]c(=O)c2cc1[N+](=O)[O-]. The Balaban J connectivity index is 1.94. The van der Waals surface area contributed by atoms with Gasteiger partial charge in [-0.15, -0.1) is 0 Å². The van der Waals surface area contributed by atoms with Gasteiger partial charge in [-0.2, -0.15) is 0 Å². The molecule has 3 rings (SSSR count). The number of aromatic amines is 1. The van der Waals surface area contributed by atoms with Crippen molar-refractivity contribution < 1.29 is 4.92 Å².